The molecule has 1 radical (unpaired) electrons. The average Bonchev–Trinajstić information content (AvgIpc) is 3.51. The molecule has 2 aromatic rings. The third-order valence-electron chi connectivity index (χ3n) is 4.31. The number of carbonyl (C=O) groups excluding carboxylic acids is 6. The van der Waals surface area contributed by atoms with Gasteiger partial charge in [-0.25, -0.2) is 0 Å². The first-order valence-corrected chi connectivity index (χ1v) is 9.22. The molecule has 0 heterocycles. The maximum Gasteiger partial charge on any atom is 0.303 e. The van der Waals surface area contributed by atoms with E-state index in [1.54, 1.807) is 0 Å². The molecule has 35 heavy (non-hydrogen) atoms. The molecule has 13 heteroatoms. The van der Waals surface area contributed by atoms with Gasteiger partial charge in [0.25, 0.3) is 11.9 Å². The predicted octanol–water partition coefficient (Wildman–Crippen LogP) is 1.53. The van der Waals surface area contributed by atoms with E-state index in [-0.39, 0.29) is 52.9 Å². The van der Waals surface area contributed by atoms with Gasteiger partial charge in [-0.15, -0.1) is 12.1 Å². The maximum absolute atomic E-state index is 11.5. The molecule has 0 spiro atoms. The summed E-state index contributed by atoms with van der Waals surface area (Å²) in [5, 5.41) is 0. The smallest absolute Gasteiger partial charge is 0.303 e. The van der Waals surface area contributed by atoms with Gasteiger partial charge in [0.05, 0.1) is 28.4 Å². The van der Waals surface area contributed by atoms with Crippen LogP contribution in [0.2, 0.25) is 0 Å². The van der Waals surface area contributed by atoms with Gasteiger partial charge >= 0.3 is 5.97 Å². The second-order valence-corrected chi connectivity index (χ2v) is 6.02. The standard InChI is InChI=1S/2C11H11O6.Rh/c2*1-15-9(12)6-4-5-7(10(13)16-2)8(6)11(14)17-3;/h2*4-5H,1-3H3;/q-5;-1;. The molecule has 197 valence electrons. The third-order valence-corrected chi connectivity index (χ3v) is 4.31. The Kier molecular flexibility index (Phi) is 12.8. The molecule has 0 amide bonds. The summed E-state index contributed by atoms with van der Waals surface area (Å²) in [5.41, 5.74) is -0.406. The summed E-state index contributed by atoms with van der Waals surface area (Å²) < 4.78 is 27.0. The van der Waals surface area contributed by atoms with Crippen molar-refractivity contribution in [2.24, 2.45) is 0 Å². The molecular weight excluding hydrogens is 559 g/mol. The SMILES string of the molecule is COC(=O)[c-]1[cH-][cH-][c-](C(=O)OC)[c-]1C(=O)OC.COC(=O)c1ccc(C(=O)OC)[c-]1C(=O)OC.[Rh]. The minimum absolute atomic E-state index is 0. The molecular formula is C22H22O12Rh-6. The molecule has 0 aromatic heterocycles. The molecule has 0 aliphatic heterocycles. The third kappa shape index (κ3) is 7.06. The van der Waals surface area contributed by atoms with E-state index in [2.05, 4.69) is 28.4 Å². The first kappa shape index (κ1) is 31.1. The van der Waals surface area contributed by atoms with Gasteiger partial charge in [0.2, 0.25) is 0 Å². The predicted molar refractivity (Wildman–Crippen MR) is 112 cm³/mol. The summed E-state index contributed by atoms with van der Waals surface area (Å²) >= 11 is 0. The van der Waals surface area contributed by atoms with Crippen molar-refractivity contribution in [2.75, 3.05) is 42.7 Å². The van der Waals surface area contributed by atoms with Crippen molar-refractivity contribution in [3.05, 3.63) is 57.6 Å². The molecule has 0 N–H and O–H groups in total. The van der Waals surface area contributed by atoms with Crippen molar-refractivity contribution in [3.63, 3.8) is 0 Å². The van der Waals surface area contributed by atoms with E-state index in [1.807, 2.05) is 0 Å². The summed E-state index contributed by atoms with van der Waals surface area (Å²) in [7, 11) is 7.00. The Morgan fingerprint density at radius 3 is 1.20 bits per heavy atom. The fraction of sp³-hybridized carbons (Fsp3) is 0.273. The Bertz CT molecular complexity index is 939. The van der Waals surface area contributed by atoms with Crippen LogP contribution < -0.4 is 0 Å². The largest absolute Gasteiger partial charge is 0.614 e. The topological polar surface area (TPSA) is 158 Å². The second kappa shape index (κ2) is 14.4. The van der Waals surface area contributed by atoms with Crippen LogP contribution in [0, 0.1) is 0 Å². The van der Waals surface area contributed by atoms with Crippen LogP contribution in [-0.4, -0.2) is 78.5 Å². The molecule has 0 aliphatic carbocycles. The molecule has 0 unspecified atom stereocenters. The van der Waals surface area contributed by atoms with Crippen LogP contribution in [0.1, 0.15) is 62.1 Å². The zero-order valence-electron chi connectivity index (χ0n) is 19.5. The van der Waals surface area contributed by atoms with E-state index >= 15 is 0 Å². The van der Waals surface area contributed by atoms with Gasteiger partial charge in [0.1, 0.15) is 0 Å². The van der Waals surface area contributed by atoms with Crippen LogP contribution in [0.15, 0.2) is 24.3 Å². The Morgan fingerprint density at radius 1 is 0.571 bits per heavy atom. The van der Waals surface area contributed by atoms with Crippen LogP contribution in [0.3, 0.4) is 0 Å². The van der Waals surface area contributed by atoms with Crippen LogP contribution in [-0.2, 0) is 47.9 Å². The summed E-state index contributed by atoms with van der Waals surface area (Å²) in [6.45, 7) is 0. The normalized spacial score (nSPS) is 9.31. The van der Waals surface area contributed by atoms with Gasteiger partial charge in [-0.05, 0) is 11.1 Å². The first-order valence-electron chi connectivity index (χ1n) is 9.22. The monoisotopic (exact) mass is 581 g/mol. The van der Waals surface area contributed by atoms with Crippen LogP contribution in [0.5, 0.6) is 0 Å². The van der Waals surface area contributed by atoms with Crippen LogP contribution in [0.25, 0.3) is 0 Å². The Balaban J connectivity index is 0.000000642. The fourth-order valence-electron chi connectivity index (χ4n) is 2.72. The van der Waals surface area contributed by atoms with E-state index in [9.17, 15) is 28.8 Å². The molecule has 2 rings (SSSR count). The number of methoxy groups -OCH3 is 6. The van der Waals surface area contributed by atoms with E-state index in [4.69, 9.17) is 0 Å². The molecule has 0 bridgehead atoms. The van der Waals surface area contributed by atoms with Gasteiger partial charge in [0.15, 0.2) is 5.97 Å². The van der Waals surface area contributed by atoms with Gasteiger partial charge < -0.3 is 66.8 Å². The Labute approximate surface area is 212 Å². The maximum atomic E-state index is 11.5. The summed E-state index contributed by atoms with van der Waals surface area (Å²) in [4.78, 5) is 68.6. The number of rotatable bonds is 6. The number of ether oxygens (including phenoxy) is 6. The zero-order chi connectivity index (χ0) is 26.0. The van der Waals surface area contributed by atoms with Crippen molar-refractivity contribution in [1.82, 2.24) is 0 Å². The Morgan fingerprint density at radius 2 is 0.914 bits per heavy atom. The van der Waals surface area contributed by atoms with Crippen LogP contribution >= 0.6 is 0 Å². The Hall–Kier alpha value is -3.86. The van der Waals surface area contributed by atoms with Crippen molar-refractivity contribution in [2.45, 2.75) is 0 Å². The molecule has 2 aromatic carbocycles. The fourth-order valence-corrected chi connectivity index (χ4v) is 2.72. The minimum Gasteiger partial charge on any atom is -0.614 e. The van der Waals surface area contributed by atoms with Gasteiger partial charge in [-0.2, -0.15) is 0 Å². The van der Waals surface area contributed by atoms with Gasteiger partial charge in [-0.1, -0.05) is 11.9 Å². The molecule has 0 saturated heterocycles. The van der Waals surface area contributed by atoms with E-state index in [1.165, 1.54) is 52.7 Å². The van der Waals surface area contributed by atoms with E-state index in [0.717, 1.165) is 14.2 Å². The summed E-state index contributed by atoms with van der Waals surface area (Å²) in [6, 6.07) is 5.24. The zero-order valence-corrected chi connectivity index (χ0v) is 21.2. The van der Waals surface area contributed by atoms with Crippen molar-refractivity contribution >= 4 is 35.8 Å². The van der Waals surface area contributed by atoms with Crippen LogP contribution in [0.4, 0.5) is 0 Å². The van der Waals surface area contributed by atoms with Gasteiger partial charge in [-0.3, -0.25) is 19.2 Å². The van der Waals surface area contributed by atoms with Crippen molar-refractivity contribution in [3.8, 4) is 0 Å². The summed E-state index contributed by atoms with van der Waals surface area (Å²) in [6.07, 6.45) is 0. The molecule has 0 fully saturated rings. The minimum atomic E-state index is -0.796. The van der Waals surface area contributed by atoms with Gasteiger partial charge in [0, 0.05) is 39.3 Å². The van der Waals surface area contributed by atoms with E-state index < -0.39 is 35.8 Å². The van der Waals surface area contributed by atoms with Crippen molar-refractivity contribution in [1.29, 1.82) is 0 Å². The first-order chi connectivity index (χ1) is 16.1. The quantitative estimate of drug-likeness (QED) is 0.210. The number of hydrogen-bond acceptors (Lipinski definition) is 12. The average molecular weight is 581 g/mol. The van der Waals surface area contributed by atoms with Crippen molar-refractivity contribution < 1.29 is 76.7 Å². The molecule has 0 atom stereocenters. The second-order valence-electron chi connectivity index (χ2n) is 6.02. The van der Waals surface area contributed by atoms with E-state index in [0.29, 0.717) is 0 Å². The number of hydrogen-bond donors (Lipinski definition) is 0. The molecule has 0 saturated carbocycles. The molecule has 0 aliphatic rings. The number of carbonyl (C=O) groups is 6. The molecule has 12 nitrogen and oxygen atoms in total. The summed E-state index contributed by atoms with van der Waals surface area (Å²) in [5.74, 6) is -4.48. The number of esters is 6.